The number of carbonyl (C=O) groups is 2. The molecule has 2 aromatic carbocycles. The zero-order valence-electron chi connectivity index (χ0n) is 22.5. The summed E-state index contributed by atoms with van der Waals surface area (Å²) in [5.74, 6) is -0.995. The molecule has 0 bridgehead atoms. The number of piperazine rings is 1. The number of carboxylic acids is 1. The Morgan fingerprint density at radius 1 is 1.02 bits per heavy atom. The lowest BCUT2D eigenvalue weighted by atomic mass is 10.1. The molecule has 1 amide bonds. The van der Waals surface area contributed by atoms with Crippen LogP contribution in [0.2, 0.25) is 10.2 Å². The van der Waals surface area contributed by atoms with Gasteiger partial charge in [0, 0.05) is 48.2 Å². The molecule has 1 saturated heterocycles. The van der Waals surface area contributed by atoms with Crippen molar-refractivity contribution in [3.05, 3.63) is 52.1 Å². The minimum absolute atomic E-state index is 0.178. The highest BCUT2D eigenvalue weighted by atomic mass is 35.5. The number of nitrogens with zero attached hydrogens (tertiary/aromatic N) is 5. The molecule has 5 rings (SSSR count). The summed E-state index contributed by atoms with van der Waals surface area (Å²) in [5, 5.41) is 8.52. The van der Waals surface area contributed by atoms with Crippen molar-refractivity contribution in [2.24, 2.45) is 0 Å². The van der Waals surface area contributed by atoms with Gasteiger partial charge in [-0.15, -0.1) is 0 Å². The van der Waals surface area contributed by atoms with Crippen LogP contribution < -0.4 is 20.1 Å². The number of hydrogen-bond donors (Lipinski definition) is 2. The summed E-state index contributed by atoms with van der Waals surface area (Å²) >= 11 is 13.9. The normalized spacial score (nSPS) is 13.4. The number of ether oxygens (including phenoxy) is 2. The van der Waals surface area contributed by atoms with E-state index in [9.17, 15) is 18.0 Å². The Bertz CT molecular complexity index is 1660. The Kier molecular flexibility index (Phi) is 9.67. The molecule has 1 aliphatic rings. The number of alkyl halides is 3. The molecule has 0 radical (unpaired) electrons. The maximum atomic E-state index is 13.5. The average Bonchev–Trinajstić information content (AvgIpc) is 3.37. The smallest absolute Gasteiger partial charge is 0.490 e. The fourth-order valence-electron chi connectivity index (χ4n) is 4.16. The number of nitrogen functional groups attached to an aromatic ring is 1. The van der Waals surface area contributed by atoms with Crippen LogP contribution in [0.5, 0.6) is 11.5 Å². The number of fused-ring (bicyclic) bond motifs is 1. The lowest BCUT2D eigenvalue weighted by Crippen LogP contribution is -2.49. The van der Waals surface area contributed by atoms with Crippen molar-refractivity contribution in [2.45, 2.75) is 6.18 Å². The van der Waals surface area contributed by atoms with Gasteiger partial charge in [0.25, 0.3) is 5.91 Å². The number of halogens is 5. The van der Waals surface area contributed by atoms with Crippen LogP contribution in [0.25, 0.3) is 21.3 Å². The SMILES string of the molecule is COc1cc2nc(N3CCN(C(=O)c4c(Cl)nsc4-c4ccccc4Cl)CC3)nc(N)c2cc1OC.O=C(O)C(F)(F)F. The summed E-state index contributed by atoms with van der Waals surface area (Å²) in [4.78, 5) is 36.0. The zero-order valence-corrected chi connectivity index (χ0v) is 24.8. The standard InChI is InChI=1S/C24H22Cl2N6O3S.C2HF3O2/c1-34-17-11-14-16(12-18(17)35-2)28-24(29-22(14)27)32-9-7-31(8-10-32)23(33)19-20(36-30-21(19)26)13-5-3-4-6-15(13)25;3-2(4,5)1(6)7/h3-6,11-12H,7-10H2,1-2H3,(H2,27,28,29);(H,6,7). The minimum Gasteiger partial charge on any atom is -0.493 e. The number of aliphatic carboxylic acids is 1. The van der Waals surface area contributed by atoms with Gasteiger partial charge in [-0.05, 0) is 23.7 Å². The number of amides is 1. The maximum absolute atomic E-state index is 13.5. The topological polar surface area (TPSA) is 144 Å². The second-order valence-electron chi connectivity index (χ2n) is 8.87. The molecule has 0 saturated carbocycles. The number of carboxylic acid groups (broad SMARTS) is 1. The summed E-state index contributed by atoms with van der Waals surface area (Å²) < 4.78 is 46.7. The number of hydrogen-bond acceptors (Lipinski definition) is 10. The van der Waals surface area contributed by atoms with E-state index in [1.807, 2.05) is 23.1 Å². The number of carbonyl (C=O) groups excluding carboxylic acids is 1. The van der Waals surface area contributed by atoms with Crippen molar-refractivity contribution in [3.8, 4) is 21.9 Å². The van der Waals surface area contributed by atoms with E-state index < -0.39 is 12.1 Å². The van der Waals surface area contributed by atoms with E-state index in [0.717, 1.165) is 17.1 Å². The van der Waals surface area contributed by atoms with E-state index in [2.05, 4.69) is 9.36 Å². The Labute approximate surface area is 256 Å². The Morgan fingerprint density at radius 3 is 2.21 bits per heavy atom. The van der Waals surface area contributed by atoms with E-state index in [1.54, 1.807) is 37.3 Å². The summed E-state index contributed by atoms with van der Waals surface area (Å²) in [7, 11) is 3.13. The second-order valence-corrected chi connectivity index (χ2v) is 10.4. The number of aromatic nitrogens is 3. The van der Waals surface area contributed by atoms with E-state index in [0.29, 0.717) is 75.8 Å². The van der Waals surface area contributed by atoms with Crippen LogP contribution in [0.1, 0.15) is 10.4 Å². The minimum atomic E-state index is -5.08. The maximum Gasteiger partial charge on any atom is 0.490 e. The lowest BCUT2D eigenvalue weighted by molar-refractivity contribution is -0.192. The van der Waals surface area contributed by atoms with E-state index in [1.165, 1.54) is 0 Å². The number of anilines is 2. The van der Waals surface area contributed by atoms with Gasteiger partial charge in [0.15, 0.2) is 16.7 Å². The highest BCUT2D eigenvalue weighted by Gasteiger charge is 2.38. The molecule has 228 valence electrons. The van der Waals surface area contributed by atoms with E-state index in [4.69, 9.17) is 53.3 Å². The number of benzene rings is 2. The fourth-order valence-corrected chi connectivity index (χ4v) is 5.60. The van der Waals surface area contributed by atoms with Gasteiger partial charge in [-0.2, -0.15) is 22.5 Å². The molecule has 3 heterocycles. The fraction of sp³-hybridized carbons (Fsp3) is 0.269. The van der Waals surface area contributed by atoms with Crippen molar-refractivity contribution in [1.29, 1.82) is 0 Å². The number of rotatable bonds is 5. The summed E-state index contributed by atoms with van der Waals surface area (Å²) in [6.07, 6.45) is -5.08. The van der Waals surface area contributed by atoms with E-state index >= 15 is 0 Å². The van der Waals surface area contributed by atoms with Crippen LogP contribution in [0.4, 0.5) is 24.9 Å². The van der Waals surface area contributed by atoms with Crippen LogP contribution >= 0.6 is 34.7 Å². The van der Waals surface area contributed by atoms with Gasteiger partial charge in [-0.25, -0.2) is 9.78 Å². The van der Waals surface area contributed by atoms with Crippen molar-refractivity contribution in [2.75, 3.05) is 51.0 Å². The molecule has 43 heavy (non-hydrogen) atoms. The molecule has 0 aliphatic carbocycles. The number of methoxy groups -OCH3 is 2. The van der Waals surface area contributed by atoms with Crippen molar-refractivity contribution < 1.29 is 37.3 Å². The molecule has 11 nitrogen and oxygen atoms in total. The average molecular weight is 659 g/mol. The zero-order chi connectivity index (χ0) is 31.5. The molecule has 4 aromatic rings. The largest absolute Gasteiger partial charge is 0.493 e. The first kappa shape index (κ1) is 31.8. The van der Waals surface area contributed by atoms with Crippen molar-refractivity contribution in [1.82, 2.24) is 19.2 Å². The second kappa shape index (κ2) is 13.1. The highest BCUT2D eigenvalue weighted by Crippen LogP contribution is 2.38. The molecule has 17 heteroatoms. The molecular weight excluding hydrogens is 636 g/mol. The Balaban J connectivity index is 0.000000541. The van der Waals surface area contributed by atoms with Crippen molar-refractivity contribution >= 4 is 69.3 Å². The van der Waals surface area contributed by atoms with Crippen molar-refractivity contribution in [3.63, 3.8) is 0 Å². The third-order valence-electron chi connectivity index (χ3n) is 6.29. The highest BCUT2D eigenvalue weighted by molar-refractivity contribution is 7.10. The first-order valence-corrected chi connectivity index (χ1v) is 13.8. The van der Waals surface area contributed by atoms with Crippen LogP contribution in [-0.4, -0.2) is 82.8 Å². The Hall–Kier alpha value is -4.08. The quantitative estimate of drug-likeness (QED) is 0.291. The van der Waals surface area contributed by atoms with Crippen LogP contribution in [0.15, 0.2) is 36.4 Å². The molecule has 1 aliphatic heterocycles. The summed E-state index contributed by atoms with van der Waals surface area (Å²) in [6.45, 7) is 1.97. The Morgan fingerprint density at radius 2 is 1.63 bits per heavy atom. The van der Waals surface area contributed by atoms with Gasteiger partial charge < -0.3 is 30.1 Å². The molecule has 0 atom stereocenters. The molecule has 1 fully saturated rings. The van der Waals surface area contributed by atoms with Gasteiger partial charge in [-0.1, -0.05) is 41.4 Å². The van der Waals surface area contributed by atoms with Crippen LogP contribution in [0, 0.1) is 0 Å². The number of nitrogens with two attached hydrogens (primary N) is 1. The van der Waals surface area contributed by atoms with E-state index in [-0.39, 0.29) is 11.1 Å². The summed E-state index contributed by atoms with van der Waals surface area (Å²) in [5.41, 5.74) is 8.00. The summed E-state index contributed by atoms with van der Waals surface area (Å²) in [6, 6.07) is 10.9. The first-order chi connectivity index (χ1) is 20.3. The van der Waals surface area contributed by atoms with Crippen LogP contribution in [-0.2, 0) is 4.79 Å². The van der Waals surface area contributed by atoms with Gasteiger partial charge in [0.1, 0.15) is 5.82 Å². The monoisotopic (exact) mass is 658 g/mol. The predicted octanol–water partition coefficient (Wildman–Crippen LogP) is 5.26. The molecule has 3 N–H and O–H groups in total. The molecule has 2 aromatic heterocycles. The van der Waals surface area contributed by atoms with Crippen LogP contribution in [0.3, 0.4) is 0 Å². The lowest BCUT2D eigenvalue weighted by Gasteiger charge is -2.35. The third-order valence-corrected chi connectivity index (χ3v) is 7.88. The predicted molar refractivity (Wildman–Crippen MR) is 156 cm³/mol. The molecular formula is C26H23Cl2F3N6O5S. The molecule has 0 unspecified atom stereocenters. The first-order valence-electron chi connectivity index (χ1n) is 12.3. The molecule has 0 spiro atoms. The van der Waals surface area contributed by atoms with Gasteiger partial charge in [-0.3, -0.25) is 4.79 Å². The van der Waals surface area contributed by atoms with Gasteiger partial charge in [0.05, 0.1) is 30.2 Å². The van der Waals surface area contributed by atoms with Gasteiger partial charge in [0.2, 0.25) is 5.95 Å². The third kappa shape index (κ3) is 6.95. The van der Waals surface area contributed by atoms with Gasteiger partial charge >= 0.3 is 12.1 Å².